The normalized spacial score (nSPS) is 16.1. The predicted molar refractivity (Wildman–Crippen MR) is 63.0 cm³/mol. The summed E-state index contributed by atoms with van der Waals surface area (Å²) in [7, 11) is 0. The average Bonchev–Trinajstić information content (AvgIpc) is 2.57. The Labute approximate surface area is 93.5 Å². The van der Waals surface area contributed by atoms with Gasteiger partial charge in [-0.2, -0.15) is 0 Å². The van der Waals surface area contributed by atoms with Crippen LogP contribution in [0.15, 0.2) is 48.1 Å². The molecule has 0 unspecified atom stereocenters. The number of benzene rings is 1. The Morgan fingerprint density at radius 3 is 2.73 bits per heavy atom. The van der Waals surface area contributed by atoms with Crippen LogP contribution < -0.4 is 10.4 Å². The lowest BCUT2D eigenvalue weighted by molar-refractivity contribution is -0.109. The van der Waals surface area contributed by atoms with E-state index in [0.717, 1.165) is 21.6 Å². The van der Waals surface area contributed by atoms with E-state index in [-0.39, 0.29) is 18.2 Å². The standard InChI is InChI=1S/C13H8O.ClH/c14-12-7-3-5-10-8-9-4-1-2-6-11(9)13(10)12;/h1-8H;1H. The number of rotatable bonds is 0. The lowest BCUT2D eigenvalue weighted by Crippen LogP contribution is -2.24. The molecule has 0 atom stereocenters. The number of fused-ring (bicyclic) bond motifs is 2. The third-order valence-corrected chi connectivity index (χ3v) is 2.60. The minimum atomic E-state index is 0. The SMILES string of the molecule is Cl.O=C1C=CC=C2C=c3ccccc3=C12. The highest BCUT2D eigenvalue weighted by Crippen LogP contribution is 2.19. The van der Waals surface area contributed by atoms with Crippen LogP contribution in [0.4, 0.5) is 0 Å². The molecule has 3 rings (SSSR count). The molecule has 0 fully saturated rings. The molecule has 15 heavy (non-hydrogen) atoms. The van der Waals surface area contributed by atoms with Gasteiger partial charge in [-0.1, -0.05) is 36.4 Å². The lowest BCUT2D eigenvalue weighted by Gasteiger charge is -2.03. The minimum Gasteiger partial charge on any atom is -0.289 e. The van der Waals surface area contributed by atoms with Crippen molar-refractivity contribution in [3.05, 3.63) is 58.5 Å². The summed E-state index contributed by atoms with van der Waals surface area (Å²) in [5.74, 6) is 0.115. The molecule has 0 aliphatic heterocycles. The molecule has 1 aromatic rings. The molecule has 74 valence electrons. The minimum absolute atomic E-state index is 0. The molecule has 0 aromatic heterocycles. The molecule has 2 aliphatic rings. The lowest BCUT2D eigenvalue weighted by atomic mass is 9.99. The van der Waals surface area contributed by atoms with E-state index in [2.05, 4.69) is 6.08 Å². The molecule has 0 heterocycles. The first-order valence-corrected chi connectivity index (χ1v) is 4.60. The van der Waals surface area contributed by atoms with Crippen LogP contribution in [0.3, 0.4) is 0 Å². The topological polar surface area (TPSA) is 17.1 Å². The van der Waals surface area contributed by atoms with Gasteiger partial charge in [0.25, 0.3) is 0 Å². The van der Waals surface area contributed by atoms with Crippen LogP contribution in [-0.4, -0.2) is 5.78 Å². The molecular weight excluding hydrogens is 208 g/mol. The number of carbonyl (C=O) groups excluding carboxylic acids is 1. The van der Waals surface area contributed by atoms with Crippen LogP contribution in [0.25, 0.3) is 11.6 Å². The molecule has 0 bridgehead atoms. The first-order valence-electron chi connectivity index (χ1n) is 4.60. The van der Waals surface area contributed by atoms with E-state index in [4.69, 9.17) is 0 Å². The third-order valence-electron chi connectivity index (χ3n) is 2.60. The fraction of sp³-hybridized carbons (Fsp3) is 0. The molecule has 0 saturated heterocycles. The Bertz CT molecular complexity index is 606. The van der Waals surface area contributed by atoms with Gasteiger partial charge in [0.2, 0.25) is 0 Å². The van der Waals surface area contributed by atoms with Crippen LogP contribution in [0, 0.1) is 0 Å². The summed E-state index contributed by atoms with van der Waals surface area (Å²) in [6, 6.07) is 7.99. The molecule has 0 spiro atoms. The van der Waals surface area contributed by atoms with Gasteiger partial charge in [0.05, 0.1) is 0 Å². The zero-order chi connectivity index (χ0) is 9.54. The molecule has 1 nitrogen and oxygen atoms in total. The largest absolute Gasteiger partial charge is 0.289 e. The molecule has 2 heteroatoms. The van der Waals surface area contributed by atoms with E-state index in [1.165, 1.54) is 0 Å². The first-order chi connectivity index (χ1) is 6.86. The van der Waals surface area contributed by atoms with Crippen molar-refractivity contribution in [2.75, 3.05) is 0 Å². The first kappa shape index (κ1) is 9.94. The summed E-state index contributed by atoms with van der Waals surface area (Å²) in [5, 5.41) is 2.21. The highest BCUT2D eigenvalue weighted by Gasteiger charge is 2.17. The van der Waals surface area contributed by atoms with Crippen molar-refractivity contribution >= 4 is 29.8 Å². The van der Waals surface area contributed by atoms with Crippen LogP contribution >= 0.6 is 12.4 Å². The molecule has 1 aromatic carbocycles. The summed E-state index contributed by atoms with van der Waals surface area (Å²) in [5.41, 5.74) is 1.89. The van der Waals surface area contributed by atoms with Crippen molar-refractivity contribution in [2.24, 2.45) is 0 Å². The van der Waals surface area contributed by atoms with E-state index in [1.807, 2.05) is 36.4 Å². The predicted octanol–water partition coefficient (Wildman–Crippen LogP) is 1.12. The summed E-state index contributed by atoms with van der Waals surface area (Å²) in [6.07, 6.45) is 7.47. The maximum atomic E-state index is 11.7. The summed E-state index contributed by atoms with van der Waals surface area (Å²) in [4.78, 5) is 11.7. The van der Waals surface area contributed by atoms with Crippen LogP contribution in [0.2, 0.25) is 0 Å². The fourth-order valence-electron chi connectivity index (χ4n) is 1.97. The maximum Gasteiger partial charge on any atom is 0.187 e. The number of allylic oxidation sites excluding steroid dienone is 4. The van der Waals surface area contributed by atoms with Gasteiger partial charge in [0.1, 0.15) is 0 Å². The maximum absolute atomic E-state index is 11.7. The second-order valence-electron chi connectivity index (χ2n) is 3.45. The van der Waals surface area contributed by atoms with Crippen molar-refractivity contribution in [1.29, 1.82) is 0 Å². The Morgan fingerprint density at radius 1 is 1.07 bits per heavy atom. The van der Waals surface area contributed by atoms with Gasteiger partial charge >= 0.3 is 0 Å². The smallest absolute Gasteiger partial charge is 0.187 e. The third kappa shape index (κ3) is 1.36. The number of ketones is 1. The molecule has 2 aliphatic carbocycles. The zero-order valence-corrected chi connectivity index (χ0v) is 8.75. The summed E-state index contributed by atoms with van der Waals surface area (Å²) >= 11 is 0. The summed E-state index contributed by atoms with van der Waals surface area (Å²) < 4.78 is 0. The van der Waals surface area contributed by atoms with Crippen LogP contribution in [0.5, 0.6) is 0 Å². The van der Waals surface area contributed by atoms with Crippen LogP contribution in [-0.2, 0) is 4.79 Å². The van der Waals surface area contributed by atoms with Crippen molar-refractivity contribution < 1.29 is 4.79 Å². The zero-order valence-electron chi connectivity index (χ0n) is 7.94. The highest BCUT2D eigenvalue weighted by molar-refractivity contribution is 6.29. The molecule has 0 N–H and O–H groups in total. The molecule has 0 amide bonds. The summed E-state index contributed by atoms with van der Waals surface area (Å²) in [6.45, 7) is 0. The molecule has 0 saturated carbocycles. The van der Waals surface area contributed by atoms with Gasteiger partial charge in [0.15, 0.2) is 5.78 Å². The number of halogens is 1. The highest BCUT2D eigenvalue weighted by atomic mass is 35.5. The van der Waals surface area contributed by atoms with Gasteiger partial charge in [-0.15, -0.1) is 12.4 Å². The van der Waals surface area contributed by atoms with Crippen LogP contribution in [0.1, 0.15) is 0 Å². The van der Waals surface area contributed by atoms with Crippen molar-refractivity contribution in [3.63, 3.8) is 0 Å². The van der Waals surface area contributed by atoms with E-state index in [1.54, 1.807) is 6.08 Å². The van der Waals surface area contributed by atoms with Gasteiger partial charge < -0.3 is 0 Å². The van der Waals surface area contributed by atoms with E-state index in [0.29, 0.717) is 0 Å². The van der Waals surface area contributed by atoms with Crippen molar-refractivity contribution in [3.8, 4) is 0 Å². The Kier molecular flexibility index (Phi) is 2.33. The van der Waals surface area contributed by atoms with Gasteiger partial charge in [-0.05, 0) is 28.2 Å². The second kappa shape index (κ2) is 3.52. The number of hydrogen-bond acceptors (Lipinski definition) is 1. The van der Waals surface area contributed by atoms with Gasteiger partial charge in [-0.25, -0.2) is 0 Å². The van der Waals surface area contributed by atoms with E-state index in [9.17, 15) is 4.79 Å². The Morgan fingerprint density at radius 2 is 1.87 bits per heavy atom. The van der Waals surface area contributed by atoms with E-state index >= 15 is 0 Å². The second-order valence-corrected chi connectivity index (χ2v) is 3.45. The number of carbonyl (C=O) groups is 1. The van der Waals surface area contributed by atoms with Gasteiger partial charge in [-0.3, -0.25) is 4.79 Å². The monoisotopic (exact) mass is 216 g/mol. The molecular formula is C13H9ClO. The Hall–Kier alpha value is -1.60. The fourth-order valence-corrected chi connectivity index (χ4v) is 1.97. The van der Waals surface area contributed by atoms with Crippen molar-refractivity contribution in [1.82, 2.24) is 0 Å². The Balaban J connectivity index is 0.000000853. The average molecular weight is 217 g/mol. The quantitative estimate of drug-likeness (QED) is 0.635. The van der Waals surface area contributed by atoms with E-state index < -0.39 is 0 Å². The van der Waals surface area contributed by atoms with Crippen molar-refractivity contribution in [2.45, 2.75) is 0 Å². The van der Waals surface area contributed by atoms with Gasteiger partial charge in [0, 0.05) is 5.57 Å². The molecule has 0 radical (unpaired) electrons. The number of hydrogen-bond donors (Lipinski definition) is 0.